The van der Waals surface area contributed by atoms with Crippen LogP contribution >= 0.6 is 0 Å². The van der Waals surface area contributed by atoms with Gasteiger partial charge in [-0.2, -0.15) is 8.42 Å². The third kappa shape index (κ3) is 5.30. The number of hydrogen-bond acceptors (Lipinski definition) is 6. The molecule has 0 atom stereocenters. The zero-order valence-corrected chi connectivity index (χ0v) is 16.1. The Balaban J connectivity index is 2.26. The Bertz CT molecular complexity index is 952. The fourth-order valence-corrected chi connectivity index (χ4v) is 3.57. The Labute approximate surface area is 158 Å². The van der Waals surface area contributed by atoms with E-state index in [9.17, 15) is 18.0 Å². The van der Waals surface area contributed by atoms with E-state index in [4.69, 9.17) is 8.92 Å². The van der Waals surface area contributed by atoms with Crippen LogP contribution in [-0.2, 0) is 19.6 Å². The summed E-state index contributed by atoms with van der Waals surface area (Å²) in [4.78, 5) is 23.7. The van der Waals surface area contributed by atoms with Crippen LogP contribution in [0, 0.1) is 13.8 Å². The van der Waals surface area contributed by atoms with E-state index < -0.39 is 28.6 Å². The van der Waals surface area contributed by atoms with Crippen LogP contribution in [0.5, 0.6) is 5.75 Å². The number of ether oxygens (including phenoxy) is 1. The molecule has 0 unspecified atom stereocenters. The SMILES string of the molecule is CCNC(=O)COC(=O)c1ccccc1OS(=O)(=O)c1cc(C)ccc1C. The van der Waals surface area contributed by atoms with E-state index >= 15 is 0 Å². The normalized spacial score (nSPS) is 10.9. The molecule has 2 rings (SSSR count). The van der Waals surface area contributed by atoms with Gasteiger partial charge in [-0.25, -0.2) is 4.79 Å². The van der Waals surface area contributed by atoms with Crippen LogP contribution in [0.15, 0.2) is 47.4 Å². The molecule has 0 aliphatic rings. The van der Waals surface area contributed by atoms with Gasteiger partial charge in [0.15, 0.2) is 12.4 Å². The van der Waals surface area contributed by atoms with Gasteiger partial charge in [-0.1, -0.05) is 24.3 Å². The maximum atomic E-state index is 12.7. The van der Waals surface area contributed by atoms with Gasteiger partial charge in [0, 0.05) is 6.54 Å². The van der Waals surface area contributed by atoms with Gasteiger partial charge in [0.05, 0.1) is 0 Å². The van der Waals surface area contributed by atoms with Crippen LogP contribution < -0.4 is 9.50 Å². The highest BCUT2D eigenvalue weighted by Gasteiger charge is 2.23. The average Bonchev–Trinajstić information content (AvgIpc) is 2.62. The summed E-state index contributed by atoms with van der Waals surface area (Å²) in [6, 6.07) is 10.8. The van der Waals surface area contributed by atoms with Gasteiger partial charge in [-0.05, 0) is 50.1 Å². The van der Waals surface area contributed by atoms with Gasteiger partial charge in [0.1, 0.15) is 10.5 Å². The van der Waals surface area contributed by atoms with E-state index in [0.717, 1.165) is 5.56 Å². The number of carbonyl (C=O) groups is 2. The molecule has 1 N–H and O–H groups in total. The lowest BCUT2D eigenvalue weighted by Gasteiger charge is -2.13. The molecule has 0 aliphatic heterocycles. The summed E-state index contributed by atoms with van der Waals surface area (Å²) in [5.41, 5.74) is 1.20. The van der Waals surface area contributed by atoms with Crippen molar-refractivity contribution in [1.82, 2.24) is 5.32 Å². The lowest BCUT2D eigenvalue weighted by atomic mass is 10.2. The number of carbonyl (C=O) groups excluding carboxylic acids is 2. The molecule has 144 valence electrons. The molecule has 0 heterocycles. The number of nitrogens with one attached hydrogen (secondary N) is 1. The molecule has 27 heavy (non-hydrogen) atoms. The highest BCUT2D eigenvalue weighted by atomic mass is 32.2. The first-order valence-corrected chi connectivity index (χ1v) is 9.70. The zero-order chi connectivity index (χ0) is 20.0. The summed E-state index contributed by atoms with van der Waals surface area (Å²) in [5, 5.41) is 2.49. The second-order valence-corrected chi connectivity index (χ2v) is 7.35. The summed E-state index contributed by atoms with van der Waals surface area (Å²) in [6.45, 7) is 5.10. The molecule has 0 spiro atoms. The predicted molar refractivity (Wildman–Crippen MR) is 99.1 cm³/mol. The number of likely N-dealkylation sites (N-methyl/N-ethyl adjacent to an activating group) is 1. The van der Waals surface area contributed by atoms with Crippen molar-refractivity contribution in [2.24, 2.45) is 0 Å². The Hall–Kier alpha value is -2.87. The summed E-state index contributed by atoms with van der Waals surface area (Å²) < 4.78 is 35.4. The molecule has 0 aromatic heterocycles. The van der Waals surface area contributed by atoms with Crippen molar-refractivity contribution in [2.45, 2.75) is 25.7 Å². The zero-order valence-electron chi connectivity index (χ0n) is 15.3. The quantitative estimate of drug-likeness (QED) is 0.575. The van der Waals surface area contributed by atoms with Gasteiger partial charge >= 0.3 is 16.1 Å². The number of amides is 1. The van der Waals surface area contributed by atoms with Crippen molar-refractivity contribution in [3.8, 4) is 5.75 Å². The molecular formula is C19H21NO6S. The van der Waals surface area contributed by atoms with Gasteiger partial charge in [-0.3, -0.25) is 4.79 Å². The van der Waals surface area contributed by atoms with Crippen molar-refractivity contribution < 1.29 is 26.9 Å². The van der Waals surface area contributed by atoms with Gasteiger partial charge in [0.25, 0.3) is 5.91 Å². The molecule has 0 fully saturated rings. The third-order valence-electron chi connectivity index (χ3n) is 3.63. The first-order valence-electron chi connectivity index (χ1n) is 8.29. The van der Waals surface area contributed by atoms with Crippen LogP contribution in [0.4, 0.5) is 0 Å². The topological polar surface area (TPSA) is 98.8 Å². The van der Waals surface area contributed by atoms with E-state index in [1.807, 2.05) is 0 Å². The first-order chi connectivity index (χ1) is 12.7. The lowest BCUT2D eigenvalue weighted by molar-refractivity contribution is -0.124. The molecule has 0 aliphatic carbocycles. The molecule has 2 aromatic carbocycles. The maximum Gasteiger partial charge on any atom is 0.342 e. The van der Waals surface area contributed by atoms with Gasteiger partial charge in [-0.15, -0.1) is 0 Å². The van der Waals surface area contributed by atoms with Gasteiger partial charge in [0.2, 0.25) is 0 Å². The van der Waals surface area contributed by atoms with E-state index in [-0.39, 0.29) is 16.2 Å². The Morgan fingerprint density at radius 3 is 2.48 bits per heavy atom. The fourth-order valence-electron chi connectivity index (χ4n) is 2.30. The predicted octanol–water partition coefficient (Wildman–Crippen LogP) is 2.36. The van der Waals surface area contributed by atoms with Crippen LogP contribution in [0.3, 0.4) is 0 Å². The van der Waals surface area contributed by atoms with Gasteiger partial charge < -0.3 is 14.2 Å². The molecule has 8 heteroatoms. The van der Waals surface area contributed by atoms with Crippen molar-refractivity contribution in [3.63, 3.8) is 0 Å². The lowest BCUT2D eigenvalue weighted by Crippen LogP contribution is -2.28. The second kappa shape index (κ2) is 8.68. The molecular weight excluding hydrogens is 370 g/mol. The van der Waals surface area contributed by atoms with Crippen LogP contribution in [0.2, 0.25) is 0 Å². The monoisotopic (exact) mass is 391 g/mol. The smallest absolute Gasteiger partial charge is 0.342 e. The van der Waals surface area contributed by atoms with E-state index in [1.165, 1.54) is 24.3 Å². The van der Waals surface area contributed by atoms with E-state index in [1.54, 1.807) is 39.0 Å². The fraction of sp³-hybridized carbons (Fsp3) is 0.263. The molecule has 0 saturated carbocycles. The highest BCUT2D eigenvalue weighted by molar-refractivity contribution is 7.87. The van der Waals surface area contributed by atoms with Crippen LogP contribution in [-0.4, -0.2) is 33.4 Å². The summed E-state index contributed by atoms with van der Waals surface area (Å²) in [5.74, 6) is -1.47. The molecule has 7 nitrogen and oxygen atoms in total. The number of benzene rings is 2. The minimum absolute atomic E-state index is 0.0213. The highest BCUT2D eigenvalue weighted by Crippen LogP contribution is 2.25. The average molecular weight is 391 g/mol. The number of hydrogen-bond donors (Lipinski definition) is 1. The Morgan fingerprint density at radius 2 is 1.78 bits per heavy atom. The minimum Gasteiger partial charge on any atom is -0.452 e. The standard InChI is InChI=1S/C19H21NO6S/c1-4-20-18(21)12-25-19(22)15-7-5-6-8-16(15)26-27(23,24)17-11-13(2)9-10-14(17)3/h5-11H,4,12H2,1-3H3,(H,20,21). The maximum absolute atomic E-state index is 12.7. The van der Waals surface area contributed by atoms with Crippen LogP contribution in [0.25, 0.3) is 0 Å². The Kier molecular flexibility index (Phi) is 6.57. The third-order valence-corrected chi connectivity index (χ3v) is 5.01. The number of rotatable bonds is 7. The summed E-state index contributed by atoms with van der Waals surface area (Å²) in [7, 11) is -4.15. The first kappa shape index (κ1) is 20.4. The van der Waals surface area contributed by atoms with Crippen molar-refractivity contribution in [3.05, 3.63) is 59.2 Å². The number of para-hydroxylation sites is 1. The van der Waals surface area contributed by atoms with E-state index in [0.29, 0.717) is 12.1 Å². The second-order valence-electron chi connectivity index (χ2n) is 5.83. The van der Waals surface area contributed by atoms with Crippen LogP contribution in [0.1, 0.15) is 28.4 Å². The van der Waals surface area contributed by atoms with E-state index in [2.05, 4.69) is 5.32 Å². The largest absolute Gasteiger partial charge is 0.452 e. The molecule has 0 bridgehead atoms. The minimum atomic E-state index is -4.15. The molecule has 0 saturated heterocycles. The van der Waals surface area contributed by atoms with Crippen molar-refractivity contribution >= 4 is 22.0 Å². The van der Waals surface area contributed by atoms with Crippen molar-refractivity contribution in [1.29, 1.82) is 0 Å². The molecule has 0 radical (unpaired) electrons. The molecule has 2 aromatic rings. The van der Waals surface area contributed by atoms with Crippen molar-refractivity contribution in [2.75, 3.05) is 13.2 Å². The molecule has 1 amide bonds. The number of esters is 1. The summed E-state index contributed by atoms with van der Waals surface area (Å²) in [6.07, 6.45) is 0. The summed E-state index contributed by atoms with van der Waals surface area (Å²) >= 11 is 0. The number of aryl methyl sites for hydroxylation is 2. The Morgan fingerprint density at radius 1 is 1.07 bits per heavy atom.